The number of rotatable bonds is 6. The van der Waals surface area contributed by atoms with Crippen LogP contribution in [0.3, 0.4) is 0 Å². The lowest BCUT2D eigenvalue weighted by Gasteiger charge is -2.24. The highest BCUT2D eigenvalue weighted by molar-refractivity contribution is 6.36. The molecule has 1 aliphatic rings. The van der Waals surface area contributed by atoms with Crippen LogP contribution >= 0.6 is 23.2 Å². The second-order valence-corrected chi connectivity index (χ2v) is 6.69. The number of nitrogens with zero attached hydrogens (tertiary/aromatic N) is 1. The minimum absolute atomic E-state index is 0.142. The molecule has 4 heteroatoms. The standard InChI is InChI=1S/C16H21Cl2NO/c1-11(2)8-9-19(12-6-7-12)16(20)10-13-14(17)4-3-5-15(13)18/h3-5,11-12H,6-10H2,1-2H3. The second-order valence-electron chi connectivity index (χ2n) is 5.88. The highest BCUT2D eigenvalue weighted by Crippen LogP contribution is 2.30. The predicted molar refractivity (Wildman–Crippen MR) is 84.4 cm³/mol. The van der Waals surface area contributed by atoms with E-state index >= 15 is 0 Å². The Morgan fingerprint density at radius 1 is 1.30 bits per heavy atom. The number of hydrogen-bond acceptors (Lipinski definition) is 1. The Bertz CT molecular complexity index is 463. The third kappa shape index (κ3) is 4.13. The van der Waals surface area contributed by atoms with E-state index in [0.29, 0.717) is 28.4 Å². The molecule has 110 valence electrons. The summed E-state index contributed by atoms with van der Waals surface area (Å²) in [4.78, 5) is 14.5. The Hall–Kier alpha value is -0.730. The van der Waals surface area contributed by atoms with Gasteiger partial charge in [0.1, 0.15) is 0 Å². The molecule has 1 amide bonds. The molecule has 0 atom stereocenters. The fourth-order valence-corrected chi connectivity index (χ4v) is 2.78. The lowest BCUT2D eigenvalue weighted by atomic mass is 10.1. The minimum atomic E-state index is 0.142. The van der Waals surface area contributed by atoms with Gasteiger partial charge in [-0.05, 0) is 42.9 Å². The van der Waals surface area contributed by atoms with Crippen LogP contribution in [-0.2, 0) is 11.2 Å². The first-order valence-electron chi connectivity index (χ1n) is 7.21. The Morgan fingerprint density at radius 3 is 2.40 bits per heavy atom. The number of carbonyl (C=O) groups excluding carboxylic acids is 1. The quantitative estimate of drug-likeness (QED) is 0.753. The zero-order valence-electron chi connectivity index (χ0n) is 12.0. The normalized spacial score (nSPS) is 14.7. The third-order valence-corrected chi connectivity index (χ3v) is 4.35. The number of benzene rings is 1. The summed E-state index contributed by atoms with van der Waals surface area (Å²) < 4.78 is 0. The number of carbonyl (C=O) groups is 1. The second kappa shape index (κ2) is 6.82. The number of hydrogen-bond donors (Lipinski definition) is 0. The molecule has 2 rings (SSSR count). The fourth-order valence-electron chi connectivity index (χ4n) is 2.25. The van der Waals surface area contributed by atoms with Crippen LogP contribution in [0.15, 0.2) is 18.2 Å². The summed E-state index contributed by atoms with van der Waals surface area (Å²) in [5.41, 5.74) is 0.746. The zero-order valence-corrected chi connectivity index (χ0v) is 13.5. The molecule has 0 aromatic heterocycles. The van der Waals surface area contributed by atoms with E-state index in [0.717, 1.165) is 31.4 Å². The first kappa shape index (κ1) is 15.7. The first-order valence-corrected chi connectivity index (χ1v) is 7.97. The molecule has 0 heterocycles. The summed E-state index contributed by atoms with van der Waals surface area (Å²) in [5.74, 6) is 0.746. The summed E-state index contributed by atoms with van der Waals surface area (Å²) in [6.07, 6.45) is 3.59. The maximum absolute atomic E-state index is 12.5. The molecule has 0 unspecified atom stereocenters. The lowest BCUT2D eigenvalue weighted by Crippen LogP contribution is -2.35. The van der Waals surface area contributed by atoms with Crippen molar-refractivity contribution in [2.75, 3.05) is 6.54 Å². The maximum atomic E-state index is 12.5. The van der Waals surface area contributed by atoms with Crippen molar-refractivity contribution in [1.29, 1.82) is 0 Å². The van der Waals surface area contributed by atoms with E-state index in [1.54, 1.807) is 18.2 Å². The van der Waals surface area contributed by atoms with E-state index in [4.69, 9.17) is 23.2 Å². The van der Waals surface area contributed by atoms with Gasteiger partial charge < -0.3 is 4.90 Å². The average Bonchev–Trinajstić information content (AvgIpc) is 3.18. The summed E-state index contributed by atoms with van der Waals surface area (Å²) in [6.45, 7) is 5.20. The van der Waals surface area contributed by atoms with Crippen LogP contribution in [0.2, 0.25) is 10.0 Å². The van der Waals surface area contributed by atoms with Crippen molar-refractivity contribution in [2.24, 2.45) is 5.92 Å². The molecule has 20 heavy (non-hydrogen) atoms. The van der Waals surface area contributed by atoms with E-state index in [-0.39, 0.29) is 5.91 Å². The monoisotopic (exact) mass is 313 g/mol. The van der Waals surface area contributed by atoms with Crippen molar-refractivity contribution in [3.63, 3.8) is 0 Å². The van der Waals surface area contributed by atoms with Gasteiger partial charge in [-0.1, -0.05) is 43.1 Å². The fraction of sp³-hybridized carbons (Fsp3) is 0.562. The summed E-state index contributed by atoms with van der Waals surface area (Å²) in [6, 6.07) is 5.80. The minimum Gasteiger partial charge on any atom is -0.339 e. The summed E-state index contributed by atoms with van der Waals surface area (Å²) in [5, 5.41) is 1.15. The van der Waals surface area contributed by atoms with Crippen molar-refractivity contribution in [2.45, 2.75) is 45.6 Å². The van der Waals surface area contributed by atoms with Crippen molar-refractivity contribution in [3.05, 3.63) is 33.8 Å². The smallest absolute Gasteiger partial charge is 0.227 e. The highest BCUT2D eigenvalue weighted by atomic mass is 35.5. The molecule has 0 bridgehead atoms. The van der Waals surface area contributed by atoms with Gasteiger partial charge >= 0.3 is 0 Å². The molecule has 1 fully saturated rings. The largest absolute Gasteiger partial charge is 0.339 e. The lowest BCUT2D eigenvalue weighted by molar-refractivity contribution is -0.131. The van der Waals surface area contributed by atoms with E-state index in [9.17, 15) is 4.79 Å². The molecular weight excluding hydrogens is 293 g/mol. The van der Waals surface area contributed by atoms with Gasteiger partial charge in [0.2, 0.25) is 5.91 Å². The number of amides is 1. The number of halogens is 2. The van der Waals surface area contributed by atoms with Crippen LogP contribution in [-0.4, -0.2) is 23.4 Å². The molecule has 0 N–H and O–H groups in total. The average molecular weight is 314 g/mol. The van der Waals surface area contributed by atoms with Gasteiger partial charge in [0.25, 0.3) is 0 Å². The summed E-state index contributed by atoms with van der Waals surface area (Å²) >= 11 is 12.3. The molecule has 2 nitrogen and oxygen atoms in total. The van der Waals surface area contributed by atoms with Crippen LogP contribution in [0.5, 0.6) is 0 Å². The molecule has 0 spiro atoms. The first-order chi connectivity index (χ1) is 9.49. The van der Waals surface area contributed by atoms with Crippen LogP contribution in [0.4, 0.5) is 0 Å². The van der Waals surface area contributed by atoms with Gasteiger partial charge in [0.15, 0.2) is 0 Å². The Labute approximate surface area is 131 Å². The van der Waals surface area contributed by atoms with Crippen molar-refractivity contribution in [1.82, 2.24) is 4.90 Å². The molecule has 1 aliphatic carbocycles. The van der Waals surface area contributed by atoms with Crippen LogP contribution in [0.1, 0.15) is 38.7 Å². The zero-order chi connectivity index (χ0) is 14.7. The molecule has 0 saturated heterocycles. The Balaban J connectivity index is 2.04. The summed E-state index contributed by atoms with van der Waals surface area (Å²) in [7, 11) is 0. The van der Waals surface area contributed by atoms with Crippen molar-refractivity contribution >= 4 is 29.1 Å². The Kier molecular flexibility index (Phi) is 5.34. The van der Waals surface area contributed by atoms with Crippen molar-refractivity contribution in [3.8, 4) is 0 Å². The highest BCUT2D eigenvalue weighted by Gasteiger charge is 2.32. The van der Waals surface area contributed by atoms with E-state index in [1.807, 2.05) is 4.90 Å². The van der Waals surface area contributed by atoms with Gasteiger partial charge in [0, 0.05) is 22.6 Å². The SMILES string of the molecule is CC(C)CCN(C(=O)Cc1c(Cl)cccc1Cl)C1CC1. The van der Waals surface area contributed by atoms with Gasteiger partial charge in [-0.25, -0.2) is 0 Å². The molecule has 1 aromatic rings. The Morgan fingerprint density at radius 2 is 1.90 bits per heavy atom. The third-order valence-electron chi connectivity index (χ3n) is 3.65. The van der Waals surface area contributed by atoms with Crippen LogP contribution in [0, 0.1) is 5.92 Å². The van der Waals surface area contributed by atoms with Gasteiger partial charge in [0.05, 0.1) is 6.42 Å². The predicted octanol–water partition coefficient (Wildman–Crippen LogP) is 4.57. The van der Waals surface area contributed by atoms with Gasteiger partial charge in [-0.2, -0.15) is 0 Å². The van der Waals surface area contributed by atoms with Crippen LogP contribution in [0.25, 0.3) is 0 Å². The molecule has 1 saturated carbocycles. The molecular formula is C16H21Cl2NO. The molecule has 1 aromatic carbocycles. The molecule has 0 aliphatic heterocycles. The molecule has 0 radical (unpaired) electrons. The van der Waals surface area contributed by atoms with Crippen molar-refractivity contribution < 1.29 is 4.79 Å². The van der Waals surface area contributed by atoms with E-state index in [1.165, 1.54) is 0 Å². The van der Waals surface area contributed by atoms with E-state index < -0.39 is 0 Å². The maximum Gasteiger partial charge on any atom is 0.227 e. The topological polar surface area (TPSA) is 20.3 Å². The van der Waals surface area contributed by atoms with Gasteiger partial charge in [-0.15, -0.1) is 0 Å². The van der Waals surface area contributed by atoms with Crippen LogP contribution < -0.4 is 0 Å². The van der Waals surface area contributed by atoms with E-state index in [2.05, 4.69) is 13.8 Å². The van der Waals surface area contributed by atoms with Gasteiger partial charge in [-0.3, -0.25) is 4.79 Å².